The molecule has 142 valence electrons. The molecule has 1 fully saturated rings. The average molecular weight is 367 g/mol. The number of fused-ring (bicyclic) bond motifs is 1. The van der Waals surface area contributed by atoms with Gasteiger partial charge in [0.25, 0.3) is 5.91 Å². The molecule has 0 aromatic heterocycles. The summed E-state index contributed by atoms with van der Waals surface area (Å²) in [6, 6.07) is 10.9. The highest BCUT2D eigenvalue weighted by Crippen LogP contribution is 2.37. The molecule has 2 aliphatic heterocycles. The third kappa shape index (κ3) is 3.46. The smallest absolute Gasteiger partial charge is 0.254 e. The molecule has 2 heterocycles. The second-order valence-corrected chi connectivity index (χ2v) is 7.49. The number of carbonyl (C=O) groups excluding carboxylic acids is 1. The van der Waals surface area contributed by atoms with E-state index in [9.17, 15) is 9.90 Å². The fourth-order valence-electron chi connectivity index (χ4n) is 3.94. The van der Waals surface area contributed by atoms with Gasteiger partial charge in [-0.3, -0.25) is 4.79 Å². The van der Waals surface area contributed by atoms with Crippen molar-refractivity contribution in [2.75, 3.05) is 13.3 Å². The molecule has 27 heavy (non-hydrogen) atoms. The maximum Gasteiger partial charge on any atom is 0.254 e. The Morgan fingerprint density at radius 2 is 1.93 bits per heavy atom. The first-order valence-corrected chi connectivity index (χ1v) is 9.60. The Kier molecular flexibility index (Phi) is 4.68. The molecule has 0 bridgehead atoms. The number of aromatic hydroxyl groups is 1. The van der Waals surface area contributed by atoms with Crippen molar-refractivity contribution in [3.8, 4) is 28.4 Å². The zero-order valence-electron chi connectivity index (χ0n) is 15.8. The van der Waals surface area contributed by atoms with Crippen LogP contribution in [0.5, 0.6) is 17.2 Å². The highest BCUT2D eigenvalue weighted by Gasteiger charge is 2.29. The molecular weight excluding hydrogens is 342 g/mol. The second-order valence-electron chi connectivity index (χ2n) is 7.49. The van der Waals surface area contributed by atoms with Crippen LogP contribution < -0.4 is 9.47 Å². The Labute approximate surface area is 159 Å². The quantitative estimate of drug-likeness (QED) is 0.871. The average Bonchev–Trinajstić information content (AvgIpc) is 3.15. The first kappa shape index (κ1) is 17.7. The van der Waals surface area contributed by atoms with Crippen molar-refractivity contribution in [1.82, 2.24) is 4.90 Å². The lowest BCUT2D eigenvalue weighted by Crippen LogP contribution is -2.45. The van der Waals surface area contributed by atoms with E-state index in [4.69, 9.17) is 9.47 Å². The molecule has 2 aromatic carbocycles. The number of phenolic OH excluding ortho intramolecular Hbond substituents is 1. The number of benzene rings is 2. The van der Waals surface area contributed by atoms with Crippen LogP contribution in [0, 0.1) is 5.92 Å². The molecule has 0 spiro atoms. The zero-order chi connectivity index (χ0) is 19.0. The van der Waals surface area contributed by atoms with Gasteiger partial charge >= 0.3 is 0 Å². The van der Waals surface area contributed by atoms with Crippen LogP contribution in [0.15, 0.2) is 36.4 Å². The van der Waals surface area contributed by atoms with Crippen molar-refractivity contribution in [3.05, 3.63) is 42.0 Å². The highest BCUT2D eigenvalue weighted by molar-refractivity contribution is 5.96. The van der Waals surface area contributed by atoms with Crippen LogP contribution in [0.4, 0.5) is 0 Å². The minimum absolute atomic E-state index is 0.0152. The maximum atomic E-state index is 13.2. The van der Waals surface area contributed by atoms with Crippen molar-refractivity contribution >= 4 is 5.91 Å². The topological polar surface area (TPSA) is 59.0 Å². The van der Waals surface area contributed by atoms with E-state index in [2.05, 4.69) is 13.8 Å². The number of phenols is 1. The predicted molar refractivity (Wildman–Crippen MR) is 103 cm³/mol. The fourth-order valence-corrected chi connectivity index (χ4v) is 3.94. The van der Waals surface area contributed by atoms with Crippen molar-refractivity contribution in [2.24, 2.45) is 5.92 Å². The number of hydrogen-bond donors (Lipinski definition) is 1. The SMILES string of the molecule is CCC1CCC(C)N(C(=O)c2cc(O)cc(-c3ccc4c(c3)OCO4)c2)C1. The minimum atomic E-state index is -0.0152. The highest BCUT2D eigenvalue weighted by atomic mass is 16.7. The zero-order valence-corrected chi connectivity index (χ0v) is 15.8. The predicted octanol–water partition coefficient (Wildman–Crippen LogP) is 4.44. The normalized spacial score (nSPS) is 21.3. The van der Waals surface area contributed by atoms with Gasteiger partial charge in [0, 0.05) is 18.2 Å². The van der Waals surface area contributed by atoms with Gasteiger partial charge in [0.2, 0.25) is 6.79 Å². The molecule has 1 N–H and O–H groups in total. The number of ether oxygens (including phenoxy) is 2. The van der Waals surface area contributed by atoms with Gasteiger partial charge < -0.3 is 19.5 Å². The molecule has 0 radical (unpaired) electrons. The molecule has 1 saturated heterocycles. The number of carbonyl (C=O) groups is 1. The van der Waals surface area contributed by atoms with E-state index in [1.165, 1.54) is 6.42 Å². The van der Waals surface area contributed by atoms with E-state index in [0.717, 1.165) is 30.5 Å². The summed E-state index contributed by atoms with van der Waals surface area (Å²) < 4.78 is 10.8. The summed E-state index contributed by atoms with van der Waals surface area (Å²) in [5.74, 6) is 2.02. The van der Waals surface area contributed by atoms with Crippen molar-refractivity contribution < 1.29 is 19.4 Å². The Morgan fingerprint density at radius 1 is 1.11 bits per heavy atom. The van der Waals surface area contributed by atoms with E-state index in [1.54, 1.807) is 12.1 Å². The first-order chi connectivity index (χ1) is 13.0. The van der Waals surface area contributed by atoms with E-state index in [1.807, 2.05) is 29.2 Å². The molecule has 2 atom stereocenters. The monoisotopic (exact) mass is 367 g/mol. The Hall–Kier alpha value is -2.69. The largest absolute Gasteiger partial charge is 0.508 e. The summed E-state index contributed by atoms with van der Waals surface area (Å²) >= 11 is 0. The van der Waals surface area contributed by atoms with Crippen LogP contribution >= 0.6 is 0 Å². The number of likely N-dealkylation sites (tertiary alicyclic amines) is 1. The van der Waals surface area contributed by atoms with Gasteiger partial charge in [0.15, 0.2) is 11.5 Å². The van der Waals surface area contributed by atoms with Crippen LogP contribution in [0.3, 0.4) is 0 Å². The van der Waals surface area contributed by atoms with E-state index < -0.39 is 0 Å². The molecule has 2 unspecified atom stereocenters. The number of piperidine rings is 1. The van der Waals surface area contributed by atoms with Gasteiger partial charge in [0.05, 0.1) is 0 Å². The molecule has 1 amide bonds. The second kappa shape index (κ2) is 7.14. The lowest BCUT2D eigenvalue weighted by Gasteiger charge is -2.38. The van der Waals surface area contributed by atoms with Crippen molar-refractivity contribution in [1.29, 1.82) is 0 Å². The number of nitrogens with zero attached hydrogens (tertiary/aromatic N) is 1. The van der Waals surface area contributed by atoms with Crippen LogP contribution in [0.25, 0.3) is 11.1 Å². The van der Waals surface area contributed by atoms with Gasteiger partial charge in [-0.05, 0) is 67.1 Å². The lowest BCUT2D eigenvalue weighted by molar-refractivity contribution is 0.0556. The van der Waals surface area contributed by atoms with Gasteiger partial charge in [-0.1, -0.05) is 19.4 Å². The van der Waals surface area contributed by atoms with Crippen LogP contribution in [0.1, 0.15) is 43.5 Å². The summed E-state index contributed by atoms with van der Waals surface area (Å²) in [5, 5.41) is 10.2. The summed E-state index contributed by atoms with van der Waals surface area (Å²) in [5.41, 5.74) is 2.18. The van der Waals surface area contributed by atoms with E-state index >= 15 is 0 Å². The molecule has 4 rings (SSSR count). The van der Waals surface area contributed by atoms with Crippen LogP contribution in [-0.2, 0) is 0 Å². The maximum absolute atomic E-state index is 13.2. The molecular formula is C22H25NO4. The van der Waals surface area contributed by atoms with Crippen LogP contribution in [-0.4, -0.2) is 35.3 Å². The van der Waals surface area contributed by atoms with E-state index in [-0.39, 0.29) is 24.5 Å². The molecule has 5 heteroatoms. The standard InChI is InChI=1S/C22H25NO4/c1-3-15-5-4-14(2)23(12-15)22(25)18-8-17(9-19(24)10-18)16-6-7-20-21(11-16)27-13-26-20/h6-11,14-15,24H,3-5,12-13H2,1-2H3. The van der Waals surface area contributed by atoms with Gasteiger partial charge in [-0.2, -0.15) is 0 Å². The molecule has 0 aliphatic carbocycles. The summed E-state index contributed by atoms with van der Waals surface area (Å²) in [6.07, 6.45) is 3.28. The van der Waals surface area contributed by atoms with Gasteiger partial charge in [-0.25, -0.2) is 0 Å². The third-order valence-electron chi connectivity index (χ3n) is 5.69. The van der Waals surface area contributed by atoms with Crippen molar-refractivity contribution in [2.45, 2.75) is 39.2 Å². The summed E-state index contributed by atoms with van der Waals surface area (Å²) in [4.78, 5) is 15.1. The first-order valence-electron chi connectivity index (χ1n) is 9.60. The number of hydrogen-bond acceptors (Lipinski definition) is 4. The number of amides is 1. The fraction of sp³-hybridized carbons (Fsp3) is 0.409. The minimum Gasteiger partial charge on any atom is -0.508 e. The van der Waals surface area contributed by atoms with E-state index in [0.29, 0.717) is 23.0 Å². The summed E-state index contributed by atoms with van der Waals surface area (Å²) in [6.45, 7) is 5.28. The Bertz CT molecular complexity index is 863. The summed E-state index contributed by atoms with van der Waals surface area (Å²) in [7, 11) is 0. The van der Waals surface area contributed by atoms with Gasteiger partial charge in [0.1, 0.15) is 5.75 Å². The molecule has 0 saturated carbocycles. The Balaban J connectivity index is 1.65. The van der Waals surface area contributed by atoms with Gasteiger partial charge in [-0.15, -0.1) is 0 Å². The lowest BCUT2D eigenvalue weighted by atomic mass is 9.91. The molecule has 2 aromatic rings. The van der Waals surface area contributed by atoms with Crippen molar-refractivity contribution in [3.63, 3.8) is 0 Å². The molecule has 5 nitrogen and oxygen atoms in total. The van der Waals surface area contributed by atoms with Crippen LogP contribution in [0.2, 0.25) is 0 Å². The third-order valence-corrected chi connectivity index (χ3v) is 5.69. The molecule has 2 aliphatic rings. The number of rotatable bonds is 3. The Morgan fingerprint density at radius 3 is 2.74 bits per heavy atom.